The predicted octanol–water partition coefficient (Wildman–Crippen LogP) is 3.29. The number of hydrogen-bond acceptors (Lipinski definition) is 6. The van der Waals surface area contributed by atoms with Crippen molar-refractivity contribution < 1.29 is 4.79 Å². The molecule has 3 aromatic rings. The molecular weight excluding hydrogens is 438 g/mol. The summed E-state index contributed by atoms with van der Waals surface area (Å²) in [7, 11) is 0. The van der Waals surface area contributed by atoms with Gasteiger partial charge in [-0.3, -0.25) is 9.48 Å². The first-order valence-electron chi connectivity index (χ1n) is 12.3. The number of nitrogens with two attached hydrogens (primary N) is 1. The third-order valence-corrected chi connectivity index (χ3v) is 8.52. The minimum Gasteiger partial charge on any atom is -0.383 e. The molecular formula is C27H31N7O. The van der Waals surface area contributed by atoms with Crippen molar-refractivity contribution in [1.29, 1.82) is 0 Å². The van der Waals surface area contributed by atoms with E-state index in [2.05, 4.69) is 52.0 Å². The van der Waals surface area contributed by atoms with Gasteiger partial charge in [0.15, 0.2) is 0 Å². The van der Waals surface area contributed by atoms with E-state index in [0.717, 1.165) is 60.1 Å². The van der Waals surface area contributed by atoms with Crippen LogP contribution in [0.1, 0.15) is 52.1 Å². The van der Waals surface area contributed by atoms with Gasteiger partial charge in [-0.05, 0) is 60.4 Å². The van der Waals surface area contributed by atoms with Crippen molar-refractivity contribution in [1.82, 2.24) is 25.1 Å². The number of aromatic nitrogens is 4. The minimum absolute atomic E-state index is 0.0509. The van der Waals surface area contributed by atoms with Crippen LogP contribution < -0.4 is 16.0 Å². The lowest BCUT2D eigenvalue weighted by molar-refractivity contribution is 0.0936. The fourth-order valence-corrected chi connectivity index (χ4v) is 6.17. The highest BCUT2D eigenvalue weighted by atomic mass is 16.1. The molecule has 8 nitrogen and oxygen atoms in total. The van der Waals surface area contributed by atoms with E-state index in [1.807, 2.05) is 13.0 Å². The van der Waals surface area contributed by atoms with E-state index in [-0.39, 0.29) is 17.4 Å². The van der Waals surface area contributed by atoms with Gasteiger partial charge in [-0.15, -0.1) is 6.58 Å². The van der Waals surface area contributed by atoms with E-state index in [1.54, 1.807) is 23.3 Å². The maximum Gasteiger partial charge on any atom is 0.254 e. The smallest absolute Gasteiger partial charge is 0.254 e. The maximum absolute atomic E-state index is 12.9. The average molecular weight is 470 g/mol. The molecule has 3 aromatic heterocycles. The van der Waals surface area contributed by atoms with E-state index in [0.29, 0.717) is 23.8 Å². The van der Waals surface area contributed by atoms with Gasteiger partial charge in [-0.25, -0.2) is 9.97 Å². The SMILES string of the molecule is C=CC12CN(c3ccc(Cn4cc(C(=O)N[C@@H]5CCc6c5ccnc6N)cn4)c(C)n3)C[C@H]1[C@H]2C. The first-order valence-corrected chi connectivity index (χ1v) is 12.3. The molecule has 4 heterocycles. The van der Waals surface area contributed by atoms with E-state index < -0.39 is 0 Å². The normalized spacial score (nSPS) is 26.3. The molecule has 8 heteroatoms. The highest BCUT2D eigenvalue weighted by Gasteiger charge is 2.64. The van der Waals surface area contributed by atoms with Crippen LogP contribution in [0.3, 0.4) is 0 Å². The predicted molar refractivity (Wildman–Crippen MR) is 135 cm³/mol. The fraction of sp³-hybridized carbons (Fsp3) is 0.407. The molecule has 1 unspecified atom stereocenters. The first-order chi connectivity index (χ1) is 16.9. The van der Waals surface area contributed by atoms with Crippen LogP contribution in [0.25, 0.3) is 0 Å². The molecule has 1 saturated heterocycles. The van der Waals surface area contributed by atoms with Gasteiger partial charge in [0, 0.05) is 36.6 Å². The molecule has 2 fully saturated rings. The quantitative estimate of drug-likeness (QED) is 0.537. The molecule has 0 aromatic carbocycles. The summed E-state index contributed by atoms with van der Waals surface area (Å²) < 4.78 is 1.79. The van der Waals surface area contributed by atoms with Crippen LogP contribution in [0.2, 0.25) is 0 Å². The van der Waals surface area contributed by atoms with Crippen molar-refractivity contribution in [3.05, 3.63) is 77.4 Å². The van der Waals surface area contributed by atoms with E-state index >= 15 is 0 Å². The number of aryl methyl sites for hydroxylation is 1. The summed E-state index contributed by atoms with van der Waals surface area (Å²) in [6, 6.07) is 6.12. The van der Waals surface area contributed by atoms with Gasteiger partial charge in [0.2, 0.25) is 0 Å². The summed E-state index contributed by atoms with van der Waals surface area (Å²) in [5.74, 6) is 2.87. The summed E-state index contributed by atoms with van der Waals surface area (Å²) >= 11 is 0. The number of hydrogen-bond donors (Lipinski definition) is 2. The van der Waals surface area contributed by atoms with Crippen molar-refractivity contribution in [2.45, 2.75) is 39.3 Å². The number of nitrogens with zero attached hydrogens (tertiary/aromatic N) is 5. The number of pyridine rings is 2. The largest absolute Gasteiger partial charge is 0.383 e. The molecule has 6 rings (SSSR count). The number of carbonyl (C=O) groups is 1. The Morgan fingerprint density at radius 3 is 3.00 bits per heavy atom. The van der Waals surface area contributed by atoms with Crippen molar-refractivity contribution in [2.24, 2.45) is 17.3 Å². The molecule has 0 bridgehead atoms. The number of nitrogen functional groups attached to an aromatic ring is 1. The Morgan fingerprint density at radius 2 is 2.23 bits per heavy atom. The van der Waals surface area contributed by atoms with E-state index in [9.17, 15) is 4.79 Å². The lowest BCUT2D eigenvalue weighted by Gasteiger charge is -2.23. The molecule has 1 saturated carbocycles. The molecule has 180 valence electrons. The number of rotatable bonds is 6. The third kappa shape index (κ3) is 3.50. The molecule has 1 amide bonds. The van der Waals surface area contributed by atoms with Gasteiger partial charge in [0.25, 0.3) is 5.91 Å². The molecule has 4 atom stereocenters. The second-order valence-electron chi connectivity index (χ2n) is 10.3. The Morgan fingerprint density at radius 1 is 1.37 bits per heavy atom. The van der Waals surface area contributed by atoms with E-state index in [4.69, 9.17) is 10.7 Å². The Hall–Kier alpha value is -3.68. The summed E-state index contributed by atoms with van der Waals surface area (Å²) in [6.45, 7) is 11.1. The number of nitrogens with one attached hydrogen (secondary N) is 1. The molecule has 35 heavy (non-hydrogen) atoms. The van der Waals surface area contributed by atoms with Crippen LogP contribution in [0.15, 0.2) is 49.4 Å². The van der Waals surface area contributed by atoms with Crippen LogP contribution >= 0.6 is 0 Å². The third-order valence-electron chi connectivity index (χ3n) is 8.52. The Kier molecular flexibility index (Phi) is 4.95. The summed E-state index contributed by atoms with van der Waals surface area (Å²) in [4.78, 5) is 24.3. The molecule has 3 N–H and O–H groups in total. The number of anilines is 2. The highest BCUT2D eigenvalue weighted by Crippen LogP contribution is 2.64. The highest BCUT2D eigenvalue weighted by molar-refractivity contribution is 5.94. The Labute approximate surface area is 205 Å². The first kappa shape index (κ1) is 21.8. The van der Waals surface area contributed by atoms with Gasteiger partial charge in [0.1, 0.15) is 11.6 Å². The van der Waals surface area contributed by atoms with Gasteiger partial charge in [0.05, 0.1) is 24.3 Å². The molecule has 0 spiro atoms. The zero-order valence-electron chi connectivity index (χ0n) is 20.2. The van der Waals surface area contributed by atoms with Gasteiger partial charge < -0.3 is 16.0 Å². The van der Waals surface area contributed by atoms with Crippen LogP contribution in [-0.2, 0) is 13.0 Å². The molecule has 0 radical (unpaired) electrons. The number of piperidine rings is 1. The fourth-order valence-electron chi connectivity index (χ4n) is 6.17. The number of fused-ring (bicyclic) bond motifs is 2. The zero-order valence-corrected chi connectivity index (χ0v) is 20.2. The van der Waals surface area contributed by atoms with E-state index in [1.165, 1.54) is 0 Å². The molecule has 1 aliphatic heterocycles. The van der Waals surface area contributed by atoms with Crippen LogP contribution in [0.5, 0.6) is 0 Å². The summed E-state index contributed by atoms with van der Waals surface area (Å²) in [6.07, 6.45) is 8.91. The topological polar surface area (TPSA) is 102 Å². The number of amides is 1. The molecule has 2 aliphatic carbocycles. The van der Waals surface area contributed by atoms with Crippen LogP contribution in [0, 0.1) is 24.2 Å². The van der Waals surface area contributed by atoms with Crippen molar-refractivity contribution in [3.63, 3.8) is 0 Å². The lowest BCUT2D eigenvalue weighted by atomic mass is 10.0. The van der Waals surface area contributed by atoms with Gasteiger partial charge in [-0.1, -0.05) is 19.1 Å². The lowest BCUT2D eigenvalue weighted by Crippen LogP contribution is -2.27. The van der Waals surface area contributed by atoms with Crippen molar-refractivity contribution in [2.75, 3.05) is 23.7 Å². The second-order valence-corrected chi connectivity index (χ2v) is 10.3. The van der Waals surface area contributed by atoms with Gasteiger partial charge >= 0.3 is 0 Å². The Balaban J connectivity index is 1.11. The van der Waals surface area contributed by atoms with Crippen LogP contribution in [-0.4, -0.2) is 38.7 Å². The minimum atomic E-state index is -0.132. The monoisotopic (exact) mass is 469 g/mol. The standard InChI is InChI=1S/C27H31N7O/c1-4-27-15-33(14-22(27)16(27)2)24-8-5-18(17(3)31-24)12-34-13-19(11-30-34)26(35)32-23-7-6-21-20(23)9-10-29-25(21)28/h4-5,8-11,13,16,22-23H,1,6-7,12,14-15H2,2-3H3,(H2,28,29)(H,32,35)/t16-,22+,23-,27?/m1/s1. The maximum atomic E-state index is 12.9. The van der Waals surface area contributed by atoms with Gasteiger partial charge in [-0.2, -0.15) is 5.10 Å². The van der Waals surface area contributed by atoms with Crippen LogP contribution in [0.4, 0.5) is 11.6 Å². The second kappa shape index (κ2) is 7.93. The summed E-state index contributed by atoms with van der Waals surface area (Å²) in [5, 5.41) is 7.55. The molecule has 3 aliphatic rings. The van der Waals surface area contributed by atoms with Crippen molar-refractivity contribution >= 4 is 17.5 Å². The summed E-state index contributed by atoms with van der Waals surface area (Å²) in [5.41, 5.74) is 11.0. The average Bonchev–Trinajstić information content (AvgIpc) is 3.37. The van der Waals surface area contributed by atoms with Crippen molar-refractivity contribution in [3.8, 4) is 0 Å². The zero-order chi connectivity index (χ0) is 24.3. The Bertz CT molecular complexity index is 1330. The number of carbonyl (C=O) groups excluding carboxylic acids is 1.